The molecule has 4 amide bonds. The maximum absolute atomic E-state index is 14.4. The third-order valence-corrected chi connectivity index (χ3v) is 8.74. The molecule has 0 saturated carbocycles. The molecular weight excluding hydrogens is 536 g/mol. The number of benzene rings is 2. The van der Waals surface area contributed by atoms with Gasteiger partial charge in [-0.15, -0.1) is 0 Å². The smallest absolute Gasteiger partial charge is 0.331 e. The van der Waals surface area contributed by atoms with Gasteiger partial charge in [0.2, 0.25) is 11.8 Å². The van der Waals surface area contributed by atoms with E-state index in [1.165, 1.54) is 7.11 Å². The Balaban J connectivity index is 1.37. The van der Waals surface area contributed by atoms with Crippen LogP contribution in [-0.4, -0.2) is 66.1 Å². The van der Waals surface area contributed by atoms with Crippen molar-refractivity contribution in [1.29, 1.82) is 0 Å². The van der Waals surface area contributed by atoms with E-state index in [9.17, 15) is 19.2 Å². The van der Waals surface area contributed by atoms with Gasteiger partial charge in [-0.2, -0.15) is 0 Å². The Morgan fingerprint density at radius 1 is 0.857 bits per heavy atom. The Kier molecular flexibility index (Phi) is 7.32. The van der Waals surface area contributed by atoms with Crippen LogP contribution >= 0.6 is 0 Å². The van der Waals surface area contributed by atoms with Gasteiger partial charge in [0.25, 0.3) is 5.56 Å². The van der Waals surface area contributed by atoms with Crippen LogP contribution in [0.5, 0.6) is 11.5 Å². The van der Waals surface area contributed by atoms with Crippen LogP contribution in [0.2, 0.25) is 0 Å². The zero-order valence-electron chi connectivity index (χ0n) is 23.7. The molecule has 4 heterocycles. The van der Waals surface area contributed by atoms with E-state index in [1.54, 1.807) is 31.4 Å². The molecule has 3 aliphatic rings. The number of methoxy groups -OCH3 is 2. The number of rotatable bonds is 8. The normalized spacial score (nSPS) is 23.8. The minimum Gasteiger partial charge on any atom is -0.493 e. The van der Waals surface area contributed by atoms with Gasteiger partial charge >= 0.3 is 6.03 Å². The fourth-order valence-corrected chi connectivity index (χ4v) is 6.84. The first-order valence-electron chi connectivity index (χ1n) is 14.2. The van der Waals surface area contributed by atoms with E-state index in [4.69, 9.17) is 9.47 Å². The summed E-state index contributed by atoms with van der Waals surface area (Å²) in [6.45, 7) is 2.02. The summed E-state index contributed by atoms with van der Waals surface area (Å²) >= 11 is 0. The molecule has 1 N–H and O–H groups in total. The van der Waals surface area contributed by atoms with Gasteiger partial charge in [-0.05, 0) is 48.1 Å². The number of urea groups is 1. The van der Waals surface area contributed by atoms with Crippen LogP contribution in [0.1, 0.15) is 29.2 Å². The minimum atomic E-state index is -1.57. The Bertz CT molecular complexity index is 1590. The fraction of sp³-hybridized carbons (Fsp3) is 0.375. The number of amides is 4. The highest BCUT2D eigenvalue weighted by Crippen LogP contribution is 2.39. The monoisotopic (exact) mass is 570 g/mol. The average molecular weight is 571 g/mol. The largest absolute Gasteiger partial charge is 0.493 e. The molecule has 0 spiro atoms. The lowest BCUT2D eigenvalue weighted by Gasteiger charge is -2.47. The first kappa shape index (κ1) is 27.7. The number of likely N-dealkylation sites (tertiary alicyclic amines) is 1. The van der Waals surface area contributed by atoms with Crippen molar-refractivity contribution in [2.75, 3.05) is 33.9 Å². The number of ether oxygens (including phenoxy) is 2. The lowest BCUT2D eigenvalue weighted by Crippen LogP contribution is -2.67. The van der Waals surface area contributed by atoms with Crippen molar-refractivity contribution >= 4 is 17.8 Å². The zero-order valence-corrected chi connectivity index (χ0v) is 23.7. The quantitative estimate of drug-likeness (QED) is 0.415. The summed E-state index contributed by atoms with van der Waals surface area (Å²) in [5.41, 5.74) is 0.906. The molecule has 3 aromatic rings. The predicted molar refractivity (Wildman–Crippen MR) is 154 cm³/mol. The number of hydrogen-bond donors (Lipinski definition) is 1. The van der Waals surface area contributed by atoms with Crippen molar-refractivity contribution < 1.29 is 23.9 Å². The molecule has 2 bridgehead atoms. The molecular formula is C32H34N4O6. The molecule has 218 valence electrons. The number of pyridine rings is 1. The summed E-state index contributed by atoms with van der Waals surface area (Å²) in [6.07, 6.45) is 1.01. The first-order valence-corrected chi connectivity index (χ1v) is 14.2. The average Bonchev–Trinajstić information content (AvgIpc) is 2.99. The standard InChI is InChI=1S/C32H34N4O6/c1-41-26-12-11-22(14-27(26)42-2)15-32(29(38)33-31(40)36(30(32)39)17-21-7-4-3-5-8-21)20-34-16-23-13-24(19-34)25-9-6-10-28(37)35(25)18-23/h3-12,14,23-24H,13,15-20H2,1-2H3,(H,33,38,40)/t23?,24-,32?/m1/s1. The summed E-state index contributed by atoms with van der Waals surface area (Å²) in [7, 11) is 3.08. The third kappa shape index (κ3) is 4.96. The highest BCUT2D eigenvalue weighted by molar-refractivity contribution is 6.19. The van der Waals surface area contributed by atoms with E-state index >= 15 is 0 Å². The van der Waals surface area contributed by atoms with Gasteiger partial charge in [0, 0.05) is 43.9 Å². The molecule has 6 rings (SSSR count). The van der Waals surface area contributed by atoms with Crippen LogP contribution in [-0.2, 0) is 29.1 Å². The van der Waals surface area contributed by atoms with Gasteiger partial charge in [-0.3, -0.25) is 24.6 Å². The van der Waals surface area contributed by atoms with Gasteiger partial charge < -0.3 is 18.9 Å². The summed E-state index contributed by atoms with van der Waals surface area (Å²) < 4.78 is 12.7. The summed E-state index contributed by atoms with van der Waals surface area (Å²) in [4.78, 5) is 57.2. The van der Waals surface area contributed by atoms with E-state index < -0.39 is 23.3 Å². The van der Waals surface area contributed by atoms with Crippen LogP contribution in [0.4, 0.5) is 4.79 Å². The van der Waals surface area contributed by atoms with Gasteiger partial charge in [0.05, 0.1) is 20.8 Å². The topological polar surface area (TPSA) is 110 Å². The van der Waals surface area contributed by atoms with E-state index in [1.807, 2.05) is 47.0 Å². The number of nitrogens with zero attached hydrogens (tertiary/aromatic N) is 3. The number of carbonyl (C=O) groups is 3. The first-order chi connectivity index (χ1) is 20.3. The number of nitrogens with one attached hydrogen (secondary N) is 1. The van der Waals surface area contributed by atoms with Gasteiger partial charge in [0.1, 0.15) is 5.41 Å². The molecule has 10 nitrogen and oxygen atoms in total. The van der Waals surface area contributed by atoms with Crippen molar-refractivity contribution in [1.82, 2.24) is 19.7 Å². The lowest BCUT2D eigenvalue weighted by atomic mass is 9.75. The van der Waals surface area contributed by atoms with E-state index in [0.717, 1.165) is 22.6 Å². The second-order valence-electron chi connectivity index (χ2n) is 11.5. The van der Waals surface area contributed by atoms with E-state index in [2.05, 4.69) is 10.2 Å². The molecule has 2 fully saturated rings. The van der Waals surface area contributed by atoms with Crippen LogP contribution in [0.15, 0.2) is 71.5 Å². The highest BCUT2D eigenvalue weighted by Gasteiger charge is 2.55. The number of fused-ring (bicyclic) bond motifs is 4. The lowest BCUT2D eigenvalue weighted by molar-refractivity contribution is -0.154. The van der Waals surface area contributed by atoms with Crippen LogP contribution in [0, 0.1) is 11.3 Å². The zero-order chi connectivity index (χ0) is 29.4. The number of piperidine rings is 1. The van der Waals surface area contributed by atoms with Crippen molar-refractivity contribution in [2.45, 2.75) is 31.8 Å². The minimum absolute atomic E-state index is 0.00234. The van der Waals surface area contributed by atoms with Gasteiger partial charge in [-0.1, -0.05) is 42.5 Å². The van der Waals surface area contributed by atoms with Gasteiger partial charge in [-0.25, -0.2) is 4.79 Å². The molecule has 3 atom stereocenters. The Morgan fingerprint density at radius 3 is 2.40 bits per heavy atom. The number of carbonyl (C=O) groups excluding carboxylic acids is 3. The number of hydrogen-bond acceptors (Lipinski definition) is 7. The Morgan fingerprint density at radius 2 is 1.64 bits per heavy atom. The van der Waals surface area contributed by atoms with Crippen molar-refractivity contribution in [2.24, 2.45) is 11.3 Å². The van der Waals surface area contributed by atoms with Crippen molar-refractivity contribution in [3.8, 4) is 11.5 Å². The van der Waals surface area contributed by atoms with E-state index in [-0.39, 0.29) is 36.9 Å². The Labute approximate surface area is 243 Å². The SMILES string of the molecule is COc1ccc(CC2(CN3CC4C[C@H](C3)c3cccc(=O)n3C4)C(=O)NC(=O)N(Cc3ccccc3)C2=O)cc1OC. The van der Waals surface area contributed by atoms with Crippen LogP contribution in [0.25, 0.3) is 0 Å². The predicted octanol–water partition coefficient (Wildman–Crippen LogP) is 2.79. The van der Waals surface area contributed by atoms with Crippen molar-refractivity contribution in [3.05, 3.63) is 93.9 Å². The molecule has 10 heteroatoms. The number of barbiturate groups is 1. The van der Waals surface area contributed by atoms with Crippen LogP contribution in [0.3, 0.4) is 0 Å². The molecule has 3 aliphatic heterocycles. The number of imide groups is 2. The van der Waals surface area contributed by atoms with E-state index in [0.29, 0.717) is 36.7 Å². The maximum atomic E-state index is 14.4. The summed E-state index contributed by atoms with van der Waals surface area (Å²) in [5, 5.41) is 2.50. The highest BCUT2D eigenvalue weighted by atomic mass is 16.5. The second kappa shape index (κ2) is 11.1. The molecule has 2 unspecified atom stereocenters. The molecule has 1 aromatic heterocycles. The molecule has 42 heavy (non-hydrogen) atoms. The third-order valence-electron chi connectivity index (χ3n) is 8.74. The maximum Gasteiger partial charge on any atom is 0.331 e. The summed E-state index contributed by atoms with van der Waals surface area (Å²) in [6, 6.07) is 19.2. The Hall–Kier alpha value is -4.44. The second-order valence-corrected chi connectivity index (χ2v) is 11.5. The van der Waals surface area contributed by atoms with Crippen molar-refractivity contribution in [3.63, 3.8) is 0 Å². The summed E-state index contributed by atoms with van der Waals surface area (Å²) in [5.74, 6) is 0.201. The van der Waals surface area contributed by atoms with Crippen LogP contribution < -0.4 is 20.3 Å². The number of aromatic nitrogens is 1. The molecule has 2 aromatic carbocycles. The molecule has 0 aliphatic carbocycles. The fourth-order valence-electron chi connectivity index (χ4n) is 6.84. The van der Waals surface area contributed by atoms with Gasteiger partial charge in [0.15, 0.2) is 11.5 Å². The molecule has 0 radical (unpaired) electrons. The molecule has 2 saturated heterocycles.